The highest BCUT2D eigenvalue weighted by atomic mass is 19.1. The number of nitrogens with zero attached hydrogens (tertiary/aromatic N) is 3. The van der Waals surface area contributed by atoms with E-state index >= 15 is 0 Å². The van der Waals surface area contributed by atoms with Crippen LogP contribution in [0, 0.1) is 5.82 Å². The number of benzene rings is 2. The molecule has 0 saturated heterocycles. The second kappa shape index (κ2) is 6.91. The first-order valence-corrected chi connectivity index (χ1v) is 9.61. The lowest BCUT2D eigenvalue weighted by Crippen LogP contribution is -2.33. The van der Waals surface area contributed by atoms with Crippen molar-refractivity contribution in [3.63, 3.8) is 0 Å². The van der Waals surface area contributed by atoms with Gasteiger partial charge in [0.05, 0.1) is 16.8 Å². The minimum atomic E-state index is -0.872. The van der Waals surface area contributed by atoms with Crippen molar-refractivity contribution in [1.82, 2.24) is 14.8 Å². The molecule has 0 saturated carbocycles. The van der Waals surface area contributed by atoms with Crippen molar-refractivity contribution in [3.05, 3.63) is 82.4 Å². The zero-order chi connectivity index (χ0) is 20.8. The van der Waals surface area contributed by atoms with E-state index in [0.717, 1.165) is 24.1 Å². The Kier molecular flexibility index (Phi) is 4.20. The Bertz CT molecular complexity index is 1160. The lowest BCUT2D eigenvalue weighted by molar-refractivity contribution is -0.0589. The molecular weight excluding hydrogens is 389 g/mol. The third-order valence-corrected chi connectivity index (χ3v) is 5.38. The van der Waals surface area contributed by atoms with Crippen molar-refractivity contribution >= 4 is 17.8 Å². The summed E-state index contributed by atoms with van der Waals surface area (Å²) in [5, 5.41) is 4.89. The molecule has 1 aliphatic heterocycles. The van der Waals surface area contributed by atoms with Crippen molar-refractivity contribution in [2.75, 3.05) is 0 Å². The van der Waals surface area contributed by atoms with Gasteiger partial charge in [-0.25, -0.2) is 13.9 Å². The number of amides is 2. The van der Waals surface area contributed by atoms with E-state index in [0.29, 0.717) is 23.6 Å². The largest absolute Gasteiger partial charge is 0.384 e. The number of aromatic nitrogens is 2. The van der Waals surface area contributed by atoms with Gasteiger partial charge in [-0.15, -0.1) is 0 Å². The summed E-state index contributed by atoms with van der Waals surface area (Å²) < 4.78 is 14.9. The first-order valence-electron chi connectivity index (χ1n) is 9.61. The van der Waals surface area contributed by atoms with Crippen LogP contribution in [-0.4, -0.2) is 32.6 Å². The van der Waals surface area contributed by atoms with E-state index in [1.807, 2.05) is 0 Å². The van der Waals surface area contributed by atoms with Crippen molar-refractivity contribution in [2.24, 2.45) is 0 Å². The van der Waals surface area contributed by atoms with Gasteiger partial charge in [0, 0.05) is 11.3 Å². The highest BCUT2D eigenvalue weighted by Gasteiger charge is 2.40. The fourth-order valence-electron chi connectivity index (χ4n) is 3.94. The topological polar surface area (TPSA) is 81.5 Å². The van der Waals surface area contributed by atoms with Crippen LogP contribution in [-0.2, 0) is 17.7 Å². The molecule has 2 amide bonds. The van der Waals surface area contributed by atoms with E-state index in [9.17, 15) is 18.8 Å². The number of halogens is 1. The average Bonchev–Trinajstić information content (AvgIpc) is 3.27. The summed E-state index contributed by atoms with van der Waals surface area (Å²) in [6, 6.07) is 12.1. The molecule has 0 fully saturated rings. The monoisotopic (exact) mass is 405 g/mol. The van der Waals surface area contributed by atoms with Gasteiger partial charge < -0.3 is 4.84 Å². The summed E-state index contributed by atoms with van der Waals surface area (Å²) in [6.07, 6.45) is 3.16. The third kappa shape index (κ3) is 2.80. The van der Waals surface area contributed by atoms with Crippen LogP contribution in [0.15, 0.2) is 48.5 Å². The van der Waals surface area contributed by atoms with E-state index in [1.54, 1.807) is 28.9 Å². The Morgan fingerprint density at radius 1 is 0.933 bits per heavy atom. The lowest BCUT2D eigenvalue weighted by Gasteiger charge is -2.15. The van der Waals surface area contributed by atoms with Crippen LogP contribution in [0.3, 0.4) is 0 Å². The zero-order valence-electron chi connectivity index (χ0n) is 15.8. The number of hydrogen-bond donors (Lipinski definition) is 0. The highest BCUT2D eigenvalue weighted by molar-refractivity contribution is 6.21. The summed E-state index contributed by atoms with van der Waals surface area (Å²) >= 11 is 0. The van der Waals surface area contributed by atoms with Gasteiger partial charge in [-0.3, -0.25) is 9.59 Å². The first kappa shape index (κ1) is 18.2. The van der Waals surface area contributed by atoms with Crippen molar-refractivity contribution < 1.29 is 23.6 Å². The Morgan fingerprint density at radius 2 is 1.57 bits per heavy atom. The third-order valence-electron chi connectivity index (χ3n) is 5.38. The van der Waals surface area contributed by atoms with Gasteiger partial charge in [0.1, 0.15) is 5.82 Å². The average molecular weight is 405 g/mol. The predicted molar refractivity (Wildman–Crippen MR) is 103 cm³/mol. The zero-order valence-corrected chi connectivity index (χ0v) is 15.8. The van der Waals surface area contributed by atoms with Crippen molar-refractivity contribution in [3.8, 4) is 5.69 Å². The number of rotatable bonds is 3. The predicted octanol–water partition coefficient (Wildman–Crippen LogP) is 3.26. The highest BCUT2D eigenvalue weighted by Crippen LogP contribution is 2.29. The van der Waals surface area contributed by atoms with E-state index < -0.39 is 17.8 Å². The molecule has 0 atom stereocenters. The molecule has 0 radical (unpaired) electrons. The number of fused-ring (bicyclic) bond motifs is 2. The minimum absolute atomic E-state index is 0.0607. The SMILES string of the molecule is O=C(ON1C(=O)c2ccccc2C1=O)c1nn(-c2ccc(F)cc2)c2c1CCCC2. The van der Waals surface area contributed by atoms with Crippen LogP contribution in [0.1, 0.15) is 55.3 Å². The summed E-state index contributed by atoms with van der Waals surface area (Å²) in [5.41, 5.74) is 2.64. The molecule has 0 spiro atoms. The lowest BCUT2D eigenvalue weighted by atomic mass is 9.95. The summed E-state index contributed by atoms with van der Waals surface area (Å²) in [6.45, 7) is 0. The van der Waals surface area contributed by atoms with E-state index in [-0.39, 0.29) is 22.6 Å². The Hall–Kier alpha value is -3.81. The number of carbonyl (C=O) groups is 3. The smallest absolute Gasteiger partial charge is 0.322 e. The summed E-state index contributed by atoms with van der Waals surface area (Å²) in [7, 11) is 0. The molecule has 0 unspecified atom stereocenters. The van der Waals surface area contributed by atoms with Crippen molar-refractivity contribution in [1.29, 1.82) is 0 Å². The maximum atomic E-state index is 13.3. The fraction of sp³-hybridized carbons (Fsp3) is 0.182. The number of hydroxylamine groups is 2. The molecule has 7 nitrogen and oxygen atoms in total. The molecule has 0 N–H and O–H groups in total. The molecule has 3 aromatic rings. The van der Waals surface area contributed by atoms with Gasteiger partial charge in [-0.2, -0.15) is 5.10 Å². The van der Waals surface area contributed by atoms with Crippen LogP contribution in [0.4, 0.5) is 4.39 Å². The second-order valence-electron chi connectivity index (χ2n) is 7.20. The maximum absolute atomic E-state index is 13.3. The van der Waals surface area contributed by atoms with E-state index in [4.69, 9.17) is 4.84 Å². The van der Waals surface area contributed by atoms with Gasteiger partial charge in [-0.1, -0.05) is 17.2 Å². The molecule has 1 aliphatic carbocycles. The molecule has 2 heterocycles. The Balaban J connectivity index is 1.49. The van der Waals surface area contributed by atoms with Gasteiger partial charge >= 0.3 is 5.97 Å². The molecule has 2 aromatic carbocycles. The standard InChI is InChI=1S/C22H16FN3O4/c23-13-9-11-14(12-10-13)25-18-8-4-3-7-17(18)19(24-25)22(29)30-26-20(27)15-5-1-2-6-16(15)21(26)28/h1-2,5-6,9-12H,3-4,7-8H2. The molecule has 8 heteroatoms. The molecular formula is C22H16FN3O4. The molecule has 150 valence electrons. The van der Waals surface area contributed by atoms with Crippen LogP contribution < -0.4 is 0 Å². The normalized spacial score (nSPS) is 15.2. The van der Waals surface area contributed by atoms with Crippen LogP contribution in [0.5, 0.6) is 0 Å². The number of hydrogen-bond acceptors (Lipinski definition) is 5. The minimum Gasteiger partial charge on any atom is -0.322 e. The summed E-state index contributed by atoms with van der Waals surface area (Å²) in [5.74, 6) is -2.61. The fourth-order valence-corrected chi connectivity index (χ4v) is 3.94. The molecule has 2 aliphatic rings. The van der Waals surface area contributed by atoms with Gasteiger partial charge in [0.15, 0.2) is 5.69 Å². The second-order valence-corrected chi connectivity index (χ2v) is 7.20. The molecule has 0 bridgehead atoms. The van der Waals surface area contributed by atoms with Crippen LogP contribution >= 0.6 is 0 Å². The Labute approximate surface area is 170 Å². The number of carbonyl (C=O) groups excluding carboxylic acids is 3. The molecule has 30 heavy (non-hydrogen) atoms. The van der Waals surface area contributed by atoms with Gasteiger partial charge in [-0.05, 0) is 62.1 Å². The van der Waals surface area contributed by atoms with Gasteiger partial charge in [0.2, 0.25) is 0 Å². The molecule has 1 aromatic heterocycles. The van der Waals surface area contributed by atoms with Crippen LogP contribution in [0.25, 0.3) is 5.69 Å². The van der Waals surface area contributed by atoms with Crippen LogP contribution in [0.2, 0.25) is 0 Å². The van der Waals surface area contributed by atoms with E-state index in [2.05, 4.69) is 5.10 Å². The number of imide groups is 1. The van der Waals surface area contributed by atoms with Gasteiger partial charge in [0.25, 0.3) is 11.8 Å². The Morgan fingerprint density at radius 3 is 2.23 bits per heavy atom. The first-order chi connectivity index (χ1) is 14.5. The van der Waals surface area contributed by atoms with E-state index in [1.165, 1.54) is 24.3 Å². The molecule has 5 rings (SSSR count). The van der Waals surface area contributed by atoms with Crippen molar-refractivity contribution in [2.45, 2.75) is 25.7 Å². The quantitative estimate of drug-likeness (QED) is 0.625. The maximum Gasteiger partial charge on any atom is 0.384 e. The summed E-state index contributed by atoms with van der Waals surface area (Å²) in [4.78, 5) is 43.1.